The third-order valence-corrected chi connectivity index (χ3v) is 13.9. The molecule has 0 aromatic rings. The summed E-state index contributed by atoms with van der Waals surface area (Å²) < 4.78 is 16.9. The number of carbonyl (C=O) groups is 3. The first-order chi connectivity index (χ1) is 34.5. The van der Waals surface area contributed by atoms with E-state index in [0.29, 0.717) is 19.3 Å². The van der Waals surface area contributed by atoms with Gasteiger partial charge in [0.15, 0.2) is 6.10 Å². The highest BCUT2D eigenvalue weighted by Crippen LogP contribution is 2.17. The Morgan fingerprint density at radius 1 is 0.286 bits per heavy atom. The SMILES string of the molecule is CCCCC/C=C\C/C=C\CCCCCCCCCCCC(=O)OCC(COC(=O)CCCCCCC/C=C\CCCCCCCC)OC(=O)CCCCCCCCCCCCCCCCCCCC. The van der Waals surface area contributed by atoms with Crippen LogP contribution in [0.3, 0.4) is 0 Å². The van der Waals surface area contributed by atoms with E-state index in [1.165, 1.54) is 225 Å². The first kappa shape index (κ1) is 67.6. The number of unbranched alkanes of at least 4 members (excludes halogenated alkanes) is 40. The van der Waals surface area contributed by atoms with Gasteiger partial charge in [0.25, 0.3) is 0 Å². The normalized spacial score (nSPS) is 12.2. The number of hydrogen-bond acceptors (Lipinski definition) is 6. The van der Waals surface area contributed by atoms with Gasteiger partial charge in [-0.25, -0.2) is 0 Å². The average molecular weight is 984 g/mol. The van der Waals surface area contributed by atoms with Crippen molar-refractivity contribution in [3.8, 4) is 0 Å². The third-order valence-electron chi connectivity index (χ3n) is 13.9. The van der Waals surface area contributed by atoms with Gasteiger partial charge < -0.3 is 14.2 Å². The van der Waals surface area contributed by atoms with Crippen LogP contribution in [0.4, 0.5) is 0 Å². The highest BCUT2D eigenvalue weighted by molar-refractivity contribution is 5.71. The molecule has 0 aliphatic carbocycles. The van der Waals surface area contributed by atoms with E-state index in [1.807, 2.05) is 0 Å². The topological polar surface area (TPSA) is 78.9 Å². The predicted octanol–water partition coefficient (Wildman–Crippen LogP) is 20.8. The average Bonchev–Trinajstić information content (AvgIpc) is 3.36. The Morgan fingerprint density at radius 2 is 0.514 bits per heavy atom. The molecule has 0 aromatic heterocycles. The Kier molecular flexibility index (Phi) is 57.2. The highest BCUT2D eigenvalue weighted by atomic mass is 16.6. The van der Waals surface area contributed by atoms with E-state index in [2.05, 4.69) is 57.2 Å². The molecule has 0 bridgehead atoms. The summed E-state index contributed by atoms with van der Waals surface area (Å²) in [5.41, 5.74) is 0. The van der Waals surface area contributed by atoms with E-state index in [0.717, 1.165) is 70.6 Å². The fraction of sp³-hybridized carbons (Fsp3) is 0.859. The van der Waals surface area contributed by atoms with Gasteiger partial charge >= 0.3 is 17.9 Å². The number of rotatable bonds is 57. The number of ether oxygens (including phenoxy) is 3. The highest BCUT2D eigenvalue weighted by Gasteiger charge is 2.19. The molecule has 0 N–H and O–H groups in total. The summed E-state index contributed by atoms with van der Waals surface area (Å²) >= 11 is 0. The standard InChI is InChI=1S/C64H118O6/c1-4-7-10-13-16-19-22-25-28-30-32-34-36-39-42-45-48-51-54-57-63(66)69-60-61(59-68-62(65)56-53-50-47-44-41-38-35-27-24-21-18-15-12-9-6-3)70-64(67)58-55-52-49-46-43-40-37-33-31-29-26-23-20-17-14-11-8-5-2/h16,19,25,27-28,35,61H,4-15,17-18,20-24,26,29-34,36-60H2,1-3H3/b19-16-,28-25-,35-27-. The number of allylic oxidation sites excluding steroid dienone is 6. The Hall–Kier alpha value is -2.37. The monoisotopic (exact) mass is 983 g/mol. The van der Waals surface area contributed by atoms with Crippen LogP contribution in [0, 0.1) is 0 Å². The summed E-state index contributed by atoms with van der Waals surface area (Å²) in [7, 11) is 0. The molecule has 0 aliphatic heterocycles. The van der Waals surface area contributed by atoms with Gasteiger partial charge in [0.1, 0.15) is 13.2 Å². The molecule has 1 unspecified atom stereocenters. The van der Waals surface area contributed by atoms with Crippen LogP contribution in [-0.4, -0.2) is 37.2 Å². The van der Waals surface area contributed by atoms with Crippen LogP contribution < -0.4 is 0 Å². The maximum Gasteiger partial charge on any atom is 0.306 e. The molecule has 0 aromatic carbocycles. The van der Waals surface area contributed by atoms with Crippen LogP contribution in [0.2, 0.25) is 0 Å². The fourth-order valence-corrected chi connectivity index (χ4v) is 9.18. The molecule has 6 heteroatoms. The molecular weight excluding hydrogens is 865 g/mol. The van der Waals surface area contributed by atoms with E-state index in [-0.39, 0.29) is 31.1 Å². The van der Waals surface area contributed by atoms with Crippen LogP contribution in [-0.2, 0) is 28.6 Å². The Labute approximate surface area is 435 Å². The van der Waals surface area contributed by atoms with Crippen LogP contribution in [0.5, 0.6) is 0 Å². The van der Waals surface area contributed by atoms with Crippen molar-refractivity contribution in [3.05, 3.63) is 36.5 Å². The van der Waals surface area contributed by atoms with Crippen LogP contribution in [0.15, 0.2) is 36.5 Å². The number of carbonyl (C=O) groups excluding carboxylic acids is 3. The van der Waals surface area contributed by atoms with E-state index in [9.17, 15) is 14.4 Å². The van der Waals surface area contributed by atoms with Crippen LogP contribution in [0.25, 0.3) is 0 Å². The van der Waals surface area contributed by atoms with Crippen molar-refractivity contribution in [3.63, 3.8) is 0 Å². The lowest BCUT2D eigenvalue weighted by atomic mass is 10.0. The molecule has 0 saturated carbocycles. The van der Waals surface area contributed by atoms with E-state index < -0.39 is 6.10 Å². The predicted molar refractivity (Wildman–Crippen MR) is 302 cm³/mol. The quantitative estimate of drug-likeness (QED) is 0.0261. The lowest BCUT2D eigenvalue weighted by molar-refractivity contribution is -0.167. The smallest absolute Gasteiger partial charge is 0.306 e. The largest absolute Gasteiger partial charge is 0.462 e. The molecule has 1 atom stereocenters. The summed E-state index contributed by atoms with van der Waals surface area (Å²) in [6.45, 7) is 6.65. The molecule has 0 aliphatic rings. The molecule has 0 spiro atoms. The Balaban J connectivity index is 4.34. The zero-order chi connectivity index (χ0) is 50.7. The van der Waals surface area contributed by atoms with Gasteiger partial charge in [-0.1, -0.05) is 276 Å². The van der Waals surface area contributed by atoms with Gasteiger partial charge in [0, 0.05) is 19.3 Å². The lowest BCUT2D eigenvalue weighted by Gasteiger charge is -2.18. The van der Waals surface area contributed by atoms with Gasteiger partial charge in [-0.2, -0.15) is 0 Å². The van der Waals surface area contributed by atoms with Gasteiger partial charge in [0.05, 0.1) is 0 Å². The summed E-state index contributed by atoms with van der Waals surface area (Å²) in [5, 5.41) is 0. The third kappa shape index (κ3) is 56.5. The first-order valence-corrected chi connectivity index (χ1v) is 31.0. The second kappa shape index (κ2) is 59.2. The minimum Gasteiger partial charge on any atom is -0.462 e. The van der Waals surface area contributed by atoms with Crippen molar-refractivity contribution in [2.75, 3.05) is 13.2 Å². The Bertz CT molecular complexity index is 1170. The minimum absolute atomic E-state index is 0.0731. The molecule has 410 valence electrons. The van der Waals surface area contributed by atoms with Crippen molar-refractivity contribution >= 4 is 17.9 Å². The Morgan fingerprint density at radius 3 is 0.829 bits per heavy atom. The second-order valence-electron chi connectivity index (χ2n) is 21.0. The molecular formula is C64H118O6. The van der Waals surface area contributed by atoms with Gasteiger partial charge in [-0.15, -0.1) is 0 Å². The molecule has 0 radical (unpaired) electrons. The van der Waals surface area contributed by atoms with Crippen molar-refractivity contribution < 1.29 is 28.6 Å². The molecule has 0 amide bonds. The molecule has 0 fully saturated rings. The molecule has 70 heavy (non-hydrogen) atoms. The lowest BCUT2D eigenvalue weighted by Crippen LogP contribution is -2.30. The van der Waals surface area contributed by atoms with Gasteiger partial charge in [-0.3, -0.25) is 14.4 Å². The maximum atomic E-state index is 12.9. The van der Waals surface area contributed by atoms with Gasteiger partial charge in [0.2, 0.25) is 0 Å². The van der Waals surface area contributed by atoms with Crippen molar-refractivity contribution in [1.29, 1.82) is 0 Å². The van der Waals surface area contributed by atoms with E-state index in [4.69, 9.17) is 14.2 Å². The number of hydrogen-bond donors (Lipinski definition) is 0. The van der Waals surface area contributed by atoms with Crippen molar-refractivity contribution in [1.82, 2.24) is 0 Å². The molecule has 0 saturated heterocycles. The van der Waals surface area contributed by atoms with Gasteiger partial charge in [-0.05, 0) is 77.0 Å². The summed E-state index contributed by atoms with van der Waals surface area (Å²) in [6, 6.07) is 0. The maximum absolute atomic E-state index is 12.9. The molecule has 0 rings (SSSR count). The van der Waals surface area contributed by atoms with Crippen LogP contribution >= 0.6 is 0 Å². The van der Waals surface area contributed by atoms with Crippen LogP contribution in [0.1, 0.15) is 335 Å². The van der Waals surface area contributed by atoms with Crippen molar-refractivity contribution in [2.45, 2.75) is 341 Å². The number of esters is 3. The molecule has 6 nitrogen and oxygen atoms in total. The van der Waals surface area contributed by atoms with E-state index in [1.54, 1.807) is 0 Å². The summed E-state index contributed by atoms with van der Waals surface area (Å²) in [5.74, 6) is -0.863. The zero-order valence-corrected chi connectivity index (χ0v) is 47.1. The minimum atomic E-state index is -0.775. The summed E-state index contributed by atoms with van der Waals surface area (Å²) in [4.78, 5) is 38.3. The zero-order valence-electron chi connectivity index (χ0n) is 47.1. The fourth-order valence-electron chi connectivity index (χ4n) is 9.18. The second-order valence-corrected chi connectivity index (χ2v) is 21.0. The van der Waals surface area contributed by atoms with Crippen molar-refractivity contribution in [2.24, 2.45) is 0 Å². The first-order valence-electron chi connectivity index (χ1n) is 31.0. The molecule has 0 heterocycles. The summed E-state index contributed by atoms with van der Waals surface area (Å²) in [6.07, 6.45) is 71.4. The van der Waals surface area contributed by atoms with E-state index >= 15 is 0 Å².